The molecule has 0 radical (unpaired) electrons. The van der Waals surface area contributed by atoms with Crippen molar-refractivity contribution in [1.29, 1.82) is 0 Å². The van der Waals surface area contributed by atoms with E-state index in [-0.39, 0.29) is 13.2 Å². The summed E-state index contributed by atoms with van der Waals surface area (Å²) in [4.78, 5) is 0. The van der Waals surface area contributed by atoms with Crippen LogP contribution < -0.4 is 0 Å². The van der Waals surface area contributed by atoms with Crippen LogP contribution in [0.1, 0.15) is 0 Å². The molecule has 0 aliphatic carbocycles. The third-order valence-electron chi connectivity index (χ3n) is 1.79. The maximum absolute atomic E-state index is 9.11. The van der Waals surface area contributed by atoms with Crippen LogP contribution in [0.25, 0.3) is 0 Å². The zero-order valence-corrected chi connectivity index (χ0v) is 5.92. The van der Waals surface area contributed by atoms with Gasteiger partial charge in [-0.25, -0.2) is 0 Å². The molecule has 4 atom stereocenters. The van der Waals surface area contributed by atoms with Crippen LogP contribution in [0.3, 0.4) is 0 Å². The molecule has 1 saturated heterocycles. The Labute approximate surface area is 63.8 Å². The summed E-state index contributed by atoms with van der Waals surface area (Å²) >= 11 is 0. The van der Waals surface area contributed by atoms with Gasteiger partial charge in [-0.3, -0.25) is 0 Å². The van der Waals surface area contributed by atoms with Crippen LogP contribution in [0, 0.1) is 0 Å². The SMILES string of the molecule is OC[C@H]1O[14CH2][C@H](O)[C@@H](O)[C@@H]1O. The van der Waals surface area contributed by atoms with Crippen LogP contribution in [0.5, 0.6) is 0 Å². The second kappa shape index (κ2) is 3.46. The molecule has 1 heterocycles. The first kappa shape index (κ1) is 8.89. The van der Waals surface area contributed by atoms with E-state index < -0.39 is 24.4 Å². The van der Waals surface area contributed by atoms with Crippen molar-refractivity contribution < 1.29 is 25.2 Å². The molecule has 0 aromatic carbocycles. The van der Waals surface area contributed by atoms with Crippen molar-refractivity contribution in [2.24, 2.45) is 0 Å². The Kier molecular flexibility index (Phi) is 2.80. The number of aliphatic hydroxyl groups excluding tert-OH is 4. The standard InChI is InChI=1S/C6H12O5/c7-1-4-6(10)5(9)3(8)2-11-4/h3-10H,1-2H2/t3-,4+,5+,6+/m0/s1/i2+2. The third kappa shape index (κ3) is 1.69. The van der Waals surface area contributed by atoms with Gasteiger partial charge in [-0.15, -0.1) is 0 Å². The van der Waals surface area contributed by atoms with Crippen LogP contribution in [-0.4, -0.2) is 58.1 Å². The molecule has 66 valence electrons. The minimum absolute atomic E-state index is 0.0521. The maximum Gasteiger partial charge on any atom is 0.111 e. The molecule has 1 rings (SSSR count). The highest BCUT2D eigenvalue weighted by molar-refractivity contribution is 4.85. The highest BCUT2D eigenvalue weighted by Gasteiger charge is 2.36. The number of hydrogen-bond donors (Lipinski definition) is 4. The highest BCUT2D eigenvalue weighted by Crippen LogP contribution is 2.14. The molecule has 5 nitrogen and oxygen atoms in total. The minimum atomic E-state index is -1.22. The molecule has 0 spiro atoms. The first-order valence-electron chi connectivity index (χ1n) is 3.43. The summed E-state index contributed by atoms with van der Waals surface area (Å²) in [7, 11) is 0. The Morgan fingerprint density at radius 2 is 1.82 bits per heavy atom. The molecule has 0 saturated carbocycles. The normalized spacial score (nSPS) is 45.8. The van der Waals surface area contributed by atoms with Crippen molar-refractivity contribution >= 4 is 0 Å². The second-order valence-corrected chi connectivity index (χ2v) is 2.60. The summed E-state index contributed by atoms with van der Waals surface area (Å²) in [6.45, 7) is -0.408. The number of aliphatic hydroxyl groups is 4. The fourth-order valence-corrected chi connectivity index (χ4v) is 1.03. The Morgan fingerprint density at radius 1 is 1.18 bits per heavy atom. The molecule has 11 heavy (non-hydrogen) atoms. The molecule has 1 aliphatic rings. The fraction of sp³-hybridized carbons (Fsp3) is 1.00. The van der Waals surface area contributed by atoms with Gasteiger partial charge in [-0.2, -0.15) is 0 Å². The molecule has 0 bridgehead atoms. The first-order valence-corrected chi connectivity index (χ1v) is 3.43. The largest absolute Gasteiger partial charge is 0.394 e. The Hall–Kier alpha value is -0.200. The lowest BCUT2D eigenvalue weighted by Crippen LogP contribution is -2.53. The van der Waals surface area contributed by atoms with E-state index in [1.165, 1.54) is 0 Å². The van der Waals surface area contributed by atoms with Gasteiger partial charge < -0.3 is 25.2 Å². The van der Waals surface area contributed by atoms with Gasteiger partial charge in [0.25, 0.3) is 0 Å². The predicted octanol–water partition coefficient (Wildman–Crippen LogP) is -2.54. The Morgan fingerprint density at radius 3 is 2.36 bits per heavy atom. The van der Waals surface area contributed by atoms with E-state index in [9.17, 15) is 0 Å². The molecule has 1 aliphatic heterocycles. The van der Waals surface area contributed by atoms with E-state index in [0.717, 1.165) is 0 Å². The van der Waals surface area contributed by atoms with E-state index in [1.807, 2.05) is 0 Å². The van der Waals surface area contributed by atoms with Gasteiger partial charge >= 0.3 is 0 Å². The molecule has 0 aromatic rings. The van der Waals surface area contributed by atoms with E-state index in [1.54, 1.807) is 0 Å². The zero-order valence-electron chi connectivity index (χ0n) is 5.92. The lowest BCUT2D eigenvalue weighted by molar-refractivity contribution is -0.195. The smallest absolute Gasteiger partial charge is 0.111 e. The summed E-state index contributed by atoms with van der Waals surface area (Å²) in [5.41, 5.74) is 0. The van der Waals surface area contributed by atoms with Crippen molar-refractivity contribution in [2.45, 2.75) is 24.4 Å². The second-order valence-electron chi connectivity index (χ2n) is 2.60. The van der Waals surface area contributed by atoms with Gasteiger partial charge in [-0.1, -0.05) is 0 Å². The summed E-state index contributed by atoms with van der Waals surface area (Å²) in [5.74, 6) is 0. The van der Waals surface area contributed by atoms with E-state index in [0.29, 0.717) is 0 Å². The van der Waals surface area contributed by atoms with Crippen LogP contribution in [0.4, 0.5) is 0 Å². The molecule has 0 unspecified atom stereocenters. The monoisotopic (exact) mass is 166 g/mol. The van der Waals surface area contributed by atoms with E-state index in [4.69, 9.17) is 25.2 Å². The van der Waals surface area contributed by atoms with Gasteiger partial charge in [0, 0.05) is 0 Å². The highest BCUT2D eigenvalue weighted by atomic mass is 16.7. The number of rotatable bonds is 1. The lowest BCUT2D eigenvalue weighted by Gasteiger charge is -2.34. The predicted molar refractivity (Wildman–Crippen MR) is 34.8 cm³/mol. The van der Waals surface area contributed by atoms with Crippen LogP contribution in [0.2, 0.25) is 0 Å². The average molecular weight is 166 g/mol. The van der Waals surface area contributed by atoms with Crippen molar-refractivity contribution in [3.63, 3.8) is 0 Å². The van der Waals surface area contributed by atoms with Gasteiger partial charge in [0.2, 0.25) is 0 Å². The Balaban J connectivity index is 2.52. The van der Waals surface area contributed by atoms with E-state index in [2.05, 4.69) is 0 Å². The van der Waals surface area contributed by atoms with Gasteiger partial charge in [0.15, 0.2) is 0 Å². The summed E-state index contributed by atoms with van der Waals surface area (Å²) < 4.78 is 4.81. The molecule has 0 amide bonds. The maximum atomic E-state index is 9.11. The van der Waals surface area contributed by atoms with Crippen molar-refractivity contribution in [1.82, 2.24) is 0 Å². The fourth-order valence-electron chi connectivity index (χ4n) is 1.03. The lowest BCUT2D eigenvalue weighted by atomic mass is 10.1. The molecular weight excluding hydrogens is 154 g/mol. The molecule has 4 N–H and O–H groups in total. The van der Waals surface area contributed by atoms with Gasteiger partial charge in [0.05, 0.1) is 13.2 Å². The van der Waals surface area contributed by atoms with E-state index >= 15 is 0 Å². The molecule has 0 aromatic heterocycles. The Bertz CT molecular complexity index is 126. The number of hydrogen-bond acceptors (Lipinski definition) is 5. The molecular formula is C6H12O5. The number of ether oxygens (including phenoxy) is 1. The minimum Gasteiger partial charge on any atom is -0.394 e. The summed E-state index contributed by atoms with van der Waals surface area (Å²) in [6, 6.07) is 0. The van der Waals surface area contributed by atoms with Crippen LogP contribution in [0.15, 0.2) is 0 Å². The van der Waals surface area contributed by atoms with Crippen molar-refractivity contribution in [2.75, 3.05) is 13.2 Å². The molecule has 1 fully saturated rings. The first-order chi connectivity index (χ1) is 5.16. The zero-order chi connectivity index (χ0) is 8.43. The summed E-state index contributed by atoms with van der Waals surface area (Å²) in [5, 5.41) is 35.7. The topological polar surface area (TPSA) is 90.2 Å². The average Bonchev–Trinajstić information content (AvgIpc) is 2.01. The van der Waals surface area contributed by atoms with Gasteiger partial charge in [-0.05, 0) is 0 Å². The third-order valence-corrected chi connectivity index (χ3v) is 1.79. The quantitative estimate of drug-likeness (QED) is 0.344. The molecule has 5 heteroatoms. The summed E-state index contributed by atoms with van der Waals surface area (Å²) in [6.07, 6.45) is -4.27. The van der Waals surface area contributed by atoms with Crippen LogP contribution in [-0.2, 0) is 4.74 Å². The van der Waals surface area contributed by atoms with Gasteiger partial charge in [0.1, 0.15) is 24.4 Å². The van der Waals surface area contributed by atoms with Crippen molar-refractivity contribution in [3.05, 3.63) is 0 Å². The van der Waals surface area contributed by atoms with Crippen molar-refractivity contribution in [3.8, 4) is 0 Å². The van der Waals surface area contributed by atoms with Crippen LogP contribution >= 0.6 is 0 Å².